The minimum atomic E-state index is -4.69. The first-order valence-electron chi connectivity index (χ1n) is 6.82. The van der Waals surface area contributed by atoms with E-state index in [1.54, 1.807) is 0 Å². The molecule has 1 aliphatic rings. The van der Waals surface area contributed by atoms with E-state index >= 15 is 0 Å². The normalized spacial score (nSPS) is 18.7. The standard InChI is InChI=1S/C14H18F4N2S/c15-12-2-1-10(8-11(12)14(16,17)18)13(20-19)7-9-3-5-21-6-4-9/h1-2,8-9,13,20H,3-7,19H2. The molecule has 21 heavy (non-hydrogen) atoms. The fraction of sp³-hybridized carbons (Fsp3) is 0.571. The summed E-state index contributed by atoms with van der Waals surface area (Å²) in [5.74, 6) is 6.81. The highest BCUT2D eigenvalue weighted by Gasteiger charge is 2.34. The number of hydrazine groups is 1. The van der Waals surface area contributed by atoms with E-state index < -0.39 is 17.6 Å². The summed E-state index contributed by atoms with van der Waals surface area (Å²) in [6.45, 7) is 0. The number of rotatable bonds is 4. The Morgan fingerprint density at radius 3 is 2.52 bits per heavy atom. The third-order valence-electron chi connectivity index (χ3n) is 3.81. The molecule has 1 unspecified atom stereocenters. The van der Waals surface area contributed by atoms with E-state index in [-0.39, 0.29) is 6.04 Å². The zero-order chi connectivity index (χ0) is 15.5. The van der Waals surface area contributed by atoms with Gasteiger partial charge in [0, 0.05) is 6.04 Å². The van der Waals surface area contributed by atoms with Crippen LogP contribution >= 0.6 is 11.8 Å². The highest BCUT2D eigenvalue weighted by molar-refractivity contribution is 7.99. The molecule has 1 fully saturated rings. The van der Waals surface area contributed by atoms with E-state index in [0.29, 0.717) is 17.9 Å². The largest absolute Gasteiger partial charge is 0.419 e. The maximum absolute atomic E-state index is 13.3. The highest BCUT2D eigenvalue weighted by Crippen LogP contribution is 2.35. The van der Waals surface area contributed by atoms with Gasteiger partial charge in [0.2, 0.25) is 0 Å². The van der Waals surface area contributed by atoms with Gasteiger partial charge in [0.1, 0.15) is 5.82 Å². The molecule has 0 aliphatic carbocycles. The molecule has 0 radical (unpaired) electrons. The maximum atomic E-state index is 13.3. The molecule has 0 aromatic heterocycles. The third-order valence-corrected chi connectivity index (χ3v) is 4.86. The molecule has 0 bridgehead atoms. The first-order chi connectivity index (χ1) is 9.91. The molecule has 1 atom stereocenters. The molecule has 3 N–H and O–H groups in total. The number of benzene rings is 1. The van der Waals surface area contributed by atoms with Crippen molar-refractivity contribution >= 4 is 11.8 Å². The summed E-state index contributed by atoms with van der Waals surface area (Å²) >= 11 is 1.89. The minimum absolute atomic E-state index is 0.379. The Morgan fingerprint density at radius 1 is 1.29 bits per heavy atom. The van der Waals surface area contributed by atoms with Crippen molar-refractivity contribution in [3.63, 3.8) is 0 Å². The molecule has 7 heteroatoms. The van der Waals surface area contributed by atoms with Gasteiger partial charge in [-0.15, -0.1) is 0 Å². The maximum Gasteiger partial charge on any atom is 0.419 e. The van der Waals surface area contributed by atoms with Gasteiger partial charge in [-0.05, 0) is 54.4 Å². The van der Waals surface area contributed by atoms with E-state index in [1.807, 2.05) is 11.8 Å². The molecule has 0 amide bonds. The van der Waals surface area contributed by atoms with Crippen molar-refractivity contribution in [2.24, 2.45) is 11.8 Å². The van der Waals surface area contributed by atoms with Crippen LogP contribution in [0.15, 0.2) is 18.2 Å². The van der Waals surface area contributed by atoms with Gasteiger partial charge < -0.3 is 0 Å². The number of alkyl halides is 3. The third kappa shape index (κ3) is 4.34. The van der Waals surface area contributed by atoms with Gasteiger partial charge in [0.15, 0.2) is 0 Å². The van der Waals surface area contributed by atoms with Gasteiger partial charge in [-0.3, -0.25) is 11.3 Å². The number of nitrogens with one attached hydrogen (secondary N) is 1. The average molecular weight is 322 g/mol. The summed E-state index contributed by atoms with van der Waals surface area (Å²) in [7, 11) is 0. The zero-order valence-corrected chi connectivity index (χ0v) is 12.2. The average Bonchev–Trinajstić information content (AvgIpc) is 2.45. The molecule has 0 saturated carbocycles. The molecule has 2 rings (SSSR count). The van der Waals surface area contributed by atoms with Crippen LogP contribution in [0.5, 0.6) is 0 Å². The summed E-state index contributed by atoms with van der Waals surface area (Å²) in [5.41, 5.74) is 1.71. The van der Waals surface area contributed by atoms with Crippen LogP contribution in [0.25, 0.3) is 0 Å². The summed E-state index contributed by atoms with van der Waals surface area (Å²) in [6.07, 6.45) is -1.95. The Kier molecular flexibility index (Phi) is 5.51. The molecule has 1 saturated heterocycles. The van der Waals surface area contributed by atoms with Gasteiger partial charge in [0.05, 0.1) is 5.56 Å². The smallest absolute Gasteiger partial charge is 0.271 e. The van der Waals surface area contributed by atoms with Crippen molar-refractivity contribution in [2.45, 2.75) is 31.5 Å². The number of hydrogen-bond donors (Lipinski definition) is 2. The number of thioether (sulfide) groups is 1. The first kappa shape index (κ1) is 16.6. The second kappa shape index (κ2) is 6.98. The SMILES string of the molecule is NNC(CC1CCSCC1)c1ccc(F)c(C(F)(F)F)c1. The molecule has 2 nitrogen and oxygen atoms in total. The number of halogens is 4. The Labute approximate surface area is 125 Å². The van der Waals surface area contributed by atoms with Gasteiger partial charge in [-0.25, -0.2) is 4.39 Å². The van der Waals surface area contributed by atoms with Crippen molar-refractivity contribution in [3.8, 4) is 0 Å². The van der Waals surface area contributed by atoms with Crippen LogP contribution in [0.1, 0.15) is 36.4 Å². The van der Waals surface area contributed by atoms with Crippen LogP contribution in [0.2, 0.25) is 0 Å². The van der Waals surface area contributed by atoms with Gasteiger partial charge in [0.25, 0.3) is 0 Å². The monoisotopic (exact) mass is 322 g/mol. The van der Waals surface area contributed by atoms with E-state index in [1.165, 1.54) is 6.07 Å². The van der Waals surface area contributed by atoms with Crippen LogP contribution < -0.4 is 11.3 Å². The lowest BCUT2D eigenvalue weighted by Crippen LogP contribution is -2.30. The molecule has 1 aliphatic heterocycles. The molecule has 0 spiro atoms. The predicted octanol–water partition coefficient (Wildman–Crippen LogP) is 3.88. The highest BCUT2D eigenvalue weighted by atomic mass is 32.2. The van der Waals surface area contributed by atoms with E-state index in [4.69, 9.17) is 5.84 Å². The molecular formula is C14H18F4N2S. The summed E-state index contributed by atoms with van der Waals surface area (Å²) in [4.78, 5) is 0. The van der Waals surface area contributed by atoms with Gasteiger partial charge in [-0.1, -0.05) is 6.07 Å². The first-order valence-corrected chi connectivity index (χ1v) is 7.98. The van der Waals surface area contributed by atoms with Crippen LogP contribution in [0.4, 0.5) is 17.6 Å². The van der Waals surface area contributed by atoms with Crippen molar-refractivity contribution in [1.82, 2.24) is 5.43 Å². The van der Waals surface area contributed by atoms with Gasteiger partial charge in [-0.2, -0.15) is 24.9 Å². The predicted molar refractivity (Wildman–Crippen MR) is 76.1 cm³/mol. The second-order valence-electron chi connectivity index (χ2n) is 5.25. The number of nitrogens with two attached hydrogens (primary N) is 1. The van der Waals surface area contributed by atoms with Crippen LogP contribution in [-0.4, -0.2) is 11.5 Å². The van der Waals surface area contributed by atoms with E-state index in [9.17, 15) is 17.6 Å². The lowest BCUT2D eigenvalue weighted by atomic mass is 9.90. The van der Waals surface area contributed by atoms with Crippen LogP contribution in [-0.2, 0) is 6.18 Å². The fourth-order valence-electron chi connectivity index (χ4n) is 2.59. The van der Waals surface area contributed by atoms with Crippen LogP contribution in [0.3, 0.4) is 0 Å². The second-order valence-corrected chi connectivity index (χ2v) is 6.47. The van der Waals surface area contributed by atoms with Crippen LogP contribution in [0, 0.1) is 11.7 Å². The van der Waals surface area contributed by atoms with Crippen molar-refractivity contribution in [3.05, 3.63) is 35.1 Å². The zero-order valence-electron chi connectivity index (χ0n) is 11.4. The summed E-state index contributed by atoms with van der Waals surface area (Å²) in [6, 6.07) is 2.70. The molecule has 118 valence electrons. The van der Waals surface area contributed by atoms with E-state index in [2.05, 4.69) is 5.43 Å². The fourth-order valence-corrected chi connectivity index (χ4v) is 3.80. The Bertz CT molecular complexity index is 473. The Balaban J connectivity index is 2.17. The Hall–Kier alpha value is -0.790. The van der Waals surface area contributed by atoms with Gasteiger partial charge >= 0.3 is 6.18 Å². The topological polar surface area (TPSA) is 38.0 Å². The number of hydrogen-bond acceptors (Lipinski definition) is 3. The molecule has 1 aromatic rings. The van der Waals surface area contributed by atoms with Crippen molar-refractivity contribution in [1.29, 1.82) is 0 Å². The quantitative estimate of drug-likeness (QED) is 0.502. The minimum Gasteiger partial charge on any atom is -0.271 e. The van der Waals surface area contributed by atoms with Crippen molar-refractivity contribution in [2.75, 3.05) is 11.5 Å². The summed E-state index contributed by atoms with van der Waals surface area (Å²) < 4.78 is 51.6. The molecule has 1 heterocycles. The molecular weight excluding hydrogens is 304 g/mol. The van der Waals surface area contributed by atoms with Crippen molar-refractivity contribution < 1.29 is 17.6 Å². The lowest BCUT2D eigenvalue weighted by molar-refractivity contribution is -0.140. The Morgan fingerprint density at radius 2 is 1.95 bits per heavy atom. The lowest BCUT2D eigenvalue weighted by Gasteiger charge is -2.26. The summed E-state index contributed by atoms with van der Waals surface area (Å²) in [5, 5.41) is 0. The van der Waals surface area contributed by atoms with E-state index in [0.717, 1.165) is 36.5 Å². The molecule has 1 aromatic carbocycles.